The maximum atomic E-state index is 7.69. The first-order valence-corrected chi connectivity index (χ1v) is 29.5. The summed E-state index contributed by atoms with van der Waals surface area (Å²) in [7, 11) is 10.1. The highest BCUT2D eigenvalue weighted by Crippen LogP contribution is 2.29. The molecule has 0 spiro atoms. The van der Waals surface area contributed by atoms with Crippen LogP contribution in [0.5, 0.6) is 0 Å². The first kappa shape index (κ1) is 53.6. The summed E-state index contributed by atoms with van der Waals surface area (Å²) in [6, 6.07) is 51.6. The van der Waals surface area contributed by atoms with Crippen molar-refractivity contribution < 1.29 is 35.2 Å². The molecule has 0 bridgehead atoms. The summed E-state index contributed by atoms with van der Waals surface area (Å²) in [6.45, 7) is 28.9. The van der Waals surface area contributed by atoms with Crippen LogP contribution in [0.15, 0.2) is 152 Å². The second kappa shape index (κ2) is 28.6. The molecule has 0 radical (unpaired) electrons. The number of hydrogen-bond donors (Lipinski definition) is 0. The SMILES string of the molecule is Cc1ccccc1-c1c(C)cc(C)c(C)[n+]1C.Cc1ccccc1-c1cc(C)c(C)c(C)[n+]1C.[2H]C([2H])([2H])c1c(C)cc(-c2ccccc2C)[n+](C)c1C.[2H]C([2H])([2H])c1cc(C)c(-c2ccccc2C)[n+](C)c1C.[2H]C([2H])([2H])c1ccc(-c2c(C)cccc2C)[n+](C)c1C. The topological polar surface area (TPSA) is 19.4 Å². The number of aromatic nitrogens is 5. The summed E-state index contributed by atoms with van der Waals surface area (Å²) < 4.78 is 79.3. The third kappa shape index (κ3) is 14.9. The predicted octanol–water partition coefficient (Wildman–Crippen LogP) is 17.1. The van der Waals surface area contributed by atoms with Gasteiger partial charge in [0.25, 0.3) is 0 Å². The molecule has 0 unspecified atom stereocenters. The summed E-state index contributed by atoms with van der Waals surface area (Å²) in [5, 5.41) is 0. The van der Waals surface area contributed by atoms with Gasteiger partial charge in [-0.3, -0.25) is 0 Å². The Hall–Kier alpha value is -8.15. The smallest absolute Gasteiger partial charge is 0.198 e. The molecule has 0 saturated heterocycles. The molecule has 0 aliphatic heterocycles. The number of rotatable bonds is 5. The molecule has 0 atom stereocenters. The Balaban J connectivity index is 0.000000187. The van der Waals surface area contributed by atoms with Crippen molar-refractivity contribution in [3.63, 3.8) is 0 Å². The second-order valence-corrected chi connectivity index (χ2v) is 23.3. The molecular formula is C80H100N5+5. The van der Waals surface area contributed by atoms with E-state index in [-0.39, 0.29) is 0 Å². The van der Waals surface area contributed by atoms with Crippen molar-refractivity contribution in [1.82, 2.24) is 0 Å². The lowest BCUT2D eigenvalue weighted by molar-refractivity contribution is -0.667. The molecule has 0 N–H and O–H groups in total. The van der Waals surface area contributed by atoms with Crippen molar-refractivity contribution in [1.29, 1.82) is 0 Å². The van der Waals surface area contributed by atoms with E-state index < -0.39 is 20.6 Å². The molecule has 85 heavy (non-hydrogen) atoms. The first-order chi connectivity index (χ1) is 43.7. The van der Waals surface area contributed by atoms with Crippen LogP contribution in [-0.4, -0.2) is 0 Å². The van der Waals surface area contributed by atoms with Crippen molar-refractivity contribution in [2.45, 2.75) is 138 Å². The van der Waals surface area contributed by atoms with E-state index in [0.29, 0.717) is 16.7 Å². The lowest BCUT2D eigenvalue weighted by Gasteiger charge is -2.10. The van der Waals surface area contributed by atoms with E-state index in [1.165, 1.54) is 95.1 Å². The normalized spacial score (nSPS) is 12.7. The quantitative estimate of drug-likeness (QED) is 0.153. The summed E-state index contributed by atoms with van der Waals surface area (Å²) in [4.78, 5) is 0. The minimum Gasteiger partial charge on any atom is -0.198 e. The zero-order valence-electron chi connectivity index (χ0n) is 64.2. The first-order valence-electron chi connectivity index (χ1n) is 34.0. The van der Waals surface area contributed by atoms with Crippen LogP contribution in [0.4, 0.5) is 0 Å². The summed E-state index contributed by atoms with van der Waals surface area (Å²) in [5.74, 6) is 0. The van der Waals surface area contributed by atoms with Gasteiger partial charge in [0.2, 0.25) is 28.5 Å². The van der Waals surface area contributed by atoms with Crippen LogP contribution in [0.1, 0.15) is 124 Å². The Bertz CT molecular complexity index is 4400. The molecule has 5 aromatic heterocycles. The van der Waals surface area contributed by atoms with Gasteiger partial charge < -0.3 is 0 Å². The maximum Gasteiger partial charge on any atom is 0.215 e. The third-order valence-electron chi connectivity index (χ3n) is 17.5. The summed E-state index contributed by atoms with van der Waals surface area (Å²) in [6.07, 6.45) is 0. The molecule has 5 nitrogen and oxygen atoms in total. The molecule has 0 amide bonds. The van der Waals surface area contributed by atoms with Gasteiger partial charge in [0.05, 0.1) is 5.56 Å². The van der Waals surface area contributed by atoms with Crippen LogP contribution in [0.2, 0.25) is 0 Å². The lowest BCUT2D eigenvalue weighted by atomic mass is 9.98. The fourth-order valence-electron chi connectivity index (χ4n) is 11.3. The van der Waals surface area contributed by atoms with E-state index in [9.17, 15) is 0 Å². The van der Waals surface area contributed by atoms with Gasteiger partial charge >= 0.3 is 0 Å². The van der Waals surface area contributed by atoms with Crippen LogP contribution < -0.4 is 22.8 Å². The Morgan fingerprint density at radius 2 is 0.576 bits per heavy atom. The molecule has 0 aliphatic rings. The van der Waals surface area contributed by atoms with Gasteiger partial charge in [-0.05, 0) is 191 Å². The highest BCUT2D eigenvalue weighted by Gasteiger charge is 2.23. The molecule has 5 heteroatoms. The standard InChI is InChI=1S/5C16H20N/c1-11-9-10-15(17(5)14(11)4)16-12(2)7-6-8-13(16)3;2*1-11-8-6-7-9-15(11)16-10-12(2)13(3)14(4)17(16)5;2*1-11-8-6-7-9-15(11)16-13(3)10-12(2)14(4)17(16)5/h5*6-10H,1-5H3/q5*+1/i1D3;3D3;;2D3;. The van der Waals surface area contributed by atoms with Gasteiger partial charge in [-0.25, -0.2) is 0 Å². The average molecular weight is 1140 g/mol. The van der Waals surface area contributed by atoms with Crippen molar-refractivity contribution in [2.75, 3.05) is 0 Å². The van der Waals surface area contributed by atoms with Crippen LogP contribution >= 0.6 is 0 Å². The number of benzene rings is 5. The van der Waals surface area contributed by atoms with Gasteiger partial charge in [-0.2, -0.15) is 22.8 Å². The summed E-state index contributed by atoms with van der Waals surface area (Å²) in [5.41, 5.74) is 32.9. The predicted molar refractivity (Wildman–Crippen MR) is 360 cm³/mol. The van der Waals surface area contributed by atoms with Gasteiger partial charge in [-0.15, -0.1) is 0 Å². The van der Waals surface area contributed by atoms with E-state index in [2.05, 4.69) is 203 Å². The van der Waals surface area contributed by atoms with Crippen molar-refractivity contribution in [2.24, 2.45) is 35.2 Å². The minimum absolute atomic E-state index is 0.412. The zero-order chi connectivity index (χ0) is 70.4. The Morgan fingerprint density at radius 1 is 0.235 bits per heavy atom. The highest BCUT2D eigenvalue weighted by molar-refractivity contribution is 5.67. The average Bonchev–Trinajstić information content (AvgIpc) is 0.804. The molecule has 440 valence electrons. The molecular weight excluding hydrogens is 1030 g/mol. The van der Waals surface area contributed by atoms with Crippen LogP contribution in [-0.2, 0) is 35.2 Å². The Morgan fingerprint density at radius 3 is 0.988 bits per heavy atom. The molecule has 0 aliphatic carbocycles. The molecule has 5 aromatic carbocycles. The van der Waals surface area contributed by atoms with E-state index in [0.717, 1.165) is 56.4 Å². The van der Waals surface area contributed by atoms with E-state index >= 15 is 0 Å². The summed E-state index contributed by atoms with van der Waals surface area (Å²) >= 11 is 0. The minimum atomic E-state index is -2.07. The van der Waals surface area contributed by atoms with Gasteiger partial charge in [0.1, 0.15) is 35.2 Å². The fraction of sp³-hybridized carbons (Fsp3) is 0.312. The number of hydrogen-bond acceptors (Lipinski definition) is 0. The van der Waals surface area contributed by atoms with Gasteiger partial charge in [0.15, 0.2) is 28.5 Å². The Labute approximate surface area is 526 Å². The third-order valence-corrected chi connectivity index (χ3v) is 17.5. The molecule has 5 heterocycles. The number of pyridine rings is 5. The number of nitrogens with zero attached hydrogens (tertiary/aromatic N) is 5. The molecule has 0 saturated carbocycles. The van der Waals surface area contributed by atoms with Crippen molar-refractivity contribution in [3.8, 4) is 56.3 Å². The lowest BCUT2D eigenvalue weighted by Crippen LogP contribution is -2.36. The van der Waals surface area contributed by atoms with Crippen LogP contribution in [0.3, 0.4) is 0 Å². The van der Waals surface area contributed by atoms with E-state index in [1.807, 2.05) is 112 Å². The highest BCUT2D eigenvalue weighted by atomic mass is 15.0. The fourth-order valence-corrected chi connectivity index (χ4v) is 11.3. The van der Waals surface area contributed by atoms with Gasteiger partial charge in [-0.1, -0.05) is 91.0 Å². The maximum absolute atomic E-state index is 7.69. The van der Waals surface area contributed by atoms with Crippen molar-refractivity contribution >= 4 is 0 Å². The second-order valence-electron chi connectivity index (χ2n) is 23.3. The zero-order valence-corrected chi connectivity index (χ0v) is 55.2. The van der Waals surface area contributed by atoms with Crippen LogP contribution in [0, 0.1) is 138 Å². The van der Waals surface area contributed by atoms with E-state index in [4.69, 9.17) is 12.3 Å². The number of aryl methyl sites for hydroxylation is 13. The molecule has 10 rings (SSSR count). The monoisotopic (exact) mass is 1140 g/mol. The Kier molecular flexibility index (Phi) is 18.0. The molecule has 10 aromatic rings. The van der Waals surface area contributed by atoms with Gasteiger partial charge in [0, 0.05) is 126 Å². The van der Waals surface area contributed by atoms with Crippen molar-refractivity contribution in [3.05, 3.63) is 264 Å². The largest absolute Gasteiger partial charge is 0.215 e. The van der Waals surface area contributed by atoms with Crippen LogP contribution in [0.25, 0.3) is 56.3 Å². The molecule has 0 fully saturated rings. The van der Waals surface area contributed by atoms with E-state index in [1.54, 1.807) is 12.1 Å².